The maximum atomic E-state index is 5.90. The standard InChI is InChI=1S/C20H22N4/c1-20-10-9-15(12-16(20)8-5-11-23-20)18-19(24-17(21)13-22-18)14-6-3-2-4-7-14/h2-4,6-7,9-10,12-13,16,23H,5,8,11H2,1H3,(H2,21,24). The number of fused-ring (bicyclic) bond motifs is 1. The molecule has 2 aromatic rings. The largest absolute Gasteiger partial charge is 0.382 e. The van der Waals surface area contributed by atoms with Crippen LogP contribution < -0.4 is 11.1 Å². The normalized spacial score (nSPS) is 25.9. The molecule has 1 saturated heterocycles. The lowest BCUT2D eigenvalue weighted by atomic mass is 9.74. The van der Waals surface area contributed by atoms with Crippen molar-refractivity contribution in [3.63, 3.8) is 0 Å². The van der Waals surface area contributed by atoms with Crippen LogP contribution >= 0.6 is 0 Å². The topological polar surface area (TPSA) is 63.8 Å². The lowest BCUT2D eigenvalue weighted by Crippen LogP contribution is -2.51. The number of rotatable bonds is 2. The van der Waals surface area contributed by atoms with Gasteiger partial charge in [-0.1, -0.05) is 48.6 Å². The summed E-state index contributed by atoms with van der Waals surface area (Å²) in [5.41, 5.74) is 9.87. The molecule has 2 atom stereocenters. The minimum Gasteiger partial charge on any atom is -0.382 e. The number of nitrogen functional groups attached to an aromatic ring is 1. The van der Waals surface area contributed by atoms with Gasteiger partial charge in [-0.3, -0.25) is 4.98 Å². The van der Waals surface area contributed by atoms with Gasteiger partial charge in [0.15, 0.2) is 0 Å². The first-order valence-corrected chi connectivity index (χ1v) is 8.50. The highest BCUT2D eigenvalue weighted by Crippen LogP contribution is 2.37. The second kappa shape index (κ2) is 5.87. The van der Waals surface area contributed by atoms with E-state index in [4.69, 9.17) is 5.73 Å². The first-order chi connectivity index (χ1) is 11.7. The number of nitrogens with one attached hydrogen (secondary N) is 1. The Balaban J connectivity index is 1.79. The van der Waals surface area contributed by atoms with Crippen LogP contribution in [0.2, 0.25) is 0 Å². The Bertz CT molecular complexity index is 810. The predicted molar refractivity (Wildman–Crippen MR) is 98.1 cm³/mol. The van der Waals surface area contributed by atoms with E-state index in [2.05, 4.69) is 40.4 Å². The molecule has 3 N–H and O–H groups in total. The van der Waals surface area contributed by atoms with Crippen molar-refractivity contribution in [2.45, 2.75) is 25.3 Å². The highest BCUT2D eigenvalue weighted by Gasteiger charge is 2.35. The van der Waals surface area contributed by atoms with E-state index in [0.717, 1.165) is 29.1 Å². The summed E-state index contributed by atoms with van der Waals surface area (Å²) in [7, 11) is 0. The Morgan fingerprint density at radius 2 is 2.04 bits per heavy atom. The van der Waals surface area contributed by atoms with Crippen molar-refractivity contribution in [3.8, 4) is 11.3 Å². The summed E-state index contributed by atoms with van der Waals surface area (Å²) in [5.74, 6) is 0.927. The number of nitrogens with two attached hydrogens (primary N) is 1. The van der Waals surface area contributed by atoms with Gasteiger partial charge < -0.3 is 11.1 Å². The van der Waals surface area contributed by atoms with Crippen LogP contribution in [-0.2, 0) is 0 Å². The molecule has 122 valence electrons. The quantitative estimate of drug-likeness (QED) is 0.890. The molecule has 1 aliphatic heterocycles. The molecule has 0 spiro atoms. The number of allylic oxidation sites excluding steroid dienone is 2. The van der Waals surface area contributed by atoms with Crippen molar-refractivity contribution >= 4 is 11.4 Å². The summed E-state index contributed by atoms with van der Waals surface area (Å²) < 4.78 is 0. The van der Waals surface area contributed by atoms with Gasteiger partial charge in [0.05, 0.1) is 17.6 Å². The molecule has 2 heterocycles. The molecular formula is C20H22N4. The molecule has 4 rings (SSSR count). The second-order valence-corrected chi connectivity index (χ2v) is 6.77. The van der Waals surface area contributed by atoms with E-state index in [1.54, 1.807) is 6.20 Å². The van der Waals surface area contributed by atoms with Crippen LogP contribution in [0.3, 0.4) is 0 Å². The lowest BCUT2D eigenvalue weighted by Gasteiger charge is -2.41. The number of hydrogen-bond acceptors (Lipinski definition) is 4. The van der Waals surface area contributed by atoms with Crippen molar-refractivity contribution < 1.29 is 0 Å². The Labute approximate surface area is 142 Å². The molecule has 4 nitrogen and oxygen atoms in total. The van der Waals surface area contributed by atoms with E-state index in [1.165, 1.54) is 12.8 Å². The van der Waals surface area contributed by atoms with Crippen molar-refractivity contribution in [3.05, 3.63) is 60.5 Å². The summed E-state index contributed by atoms with van der Waals surface area (Å²) in [6, 6.07) is 10.1. The summed E-state index contributed by atoms with van der Waals surface area (Å²) in [4.78, 5) is 9.18. The van der Waals surface area contributed by atoms with Crippen LogP contribution in [0.1, 0.15) is 25.5 Å². The average molecular weight is 318 g/mol. The zero-order valence-corrected chi connectivity index (χ0v) is 13.9. The third-order valence-electron chi connectivity index (χ3n) is 5.07. The van der Waals surface area contributed by atoms with Gasteiger partial charge in [-0.05, 0) is 37.8 Å². The Hall–Kier alpha value is -2.46. The molecule has 0 saturated carbocycles. The summed E-state index contributed by atoms with van der Waals surface area (Å²) in [6.45, 7) is 3.35. The summed E-state index contributed by atoms with van der Waals surface area (Å²) >= 11 is 0. The van der Waals surface area contributed by atoms with Crippen LogP contribution in [0, 0.1) is 5.92 Å². The fraction of sp³-hybridized carbons (Fsp3) is 0.300. The molecule has 2 unspecified atom stereocenters. The lowest BCUT2D eigenvalue weighted by molar-refractivity contribution is 0.268. The molecule has 0 bridgehead atoms. The van der Waals surface area contributed by atoms with Crippen LogP contribution in [-0.4, -0.2) is 22.1 Å². The molecular weight excluding hydrogens is 296 g/mol. The van der Waals surface area contributed by atoms with Gasteiger partial charge in [-0.2, -0.15) is 0 Å². The summed E-state index contributed by atoms with van der Waals surface area (Å²) in [5, 5.41) is 3.64. The molecule has 1 aromatic carbocycles. The highest BCUT2D eigenvalue weighted by atomic mass is 15.0. The van der Waals surface area contributed by atoms with Crippen molar-refractivity contribution in [2.75, 3.05) is 12.3 Å². The van der Waals surface area contributed by atoms with Gasteiger partial charge in [0.1, 0.15) is 5.82 Å². The Morgan fingerprint density at radius 1 is 1.21 bits per heavy atom. The minimum atomic E-state index is 0.0515. The fourth-order valence-corrected chi connectivity index (χ4v) is 3.65. The van der Waals surface area contributed by atoms with Crippen molar-refractivity contribution in [2.24, 2.45) is 5.92 Å². The molecule has 4 heteroatoms. The maximum absolute atomic E-state index is 5.90. The van der Waals surface area contributed by atoms with Gasteiger partial charge >= 0.3 is 0 Å². The number of nitrogens with zero attached hydrogens (tertiary/aromatic N) is 2. The molecule has 0 radical (unpaired) electrons. The van der Waals surface area contributed by atoms with E-state index in [9.17, 15) is 0 Å². The second-order valence-electron chi connectivity index (χ2n) is 6.77. The van der Waals surface area contributed by atoms with Crippen LogP contribution in [0.4, 0.5) is 5.82 Å². The number of piperidine rings is 1. The highest BCUT2D eigenvalue weighted by molar-refractivity contribution is 5.83. The third-order valence-corrected chi connectivity index (χ3v) is 5.07. The monoisotopic (exact) mass is 318 g/mol. The Morgan fingerprint density at radius 3 is 2.88 bits per heavy atom. The number of benzene rings is 1. The van der Waals surface area contributed by atoms with Gasteiger partial charge in [-0.15, -0.1) is 0 Å². The van der Waals surface area contributed by atoms with Crippen LogP contribution in [0.25, 0.3) is 16.8 Å². The van der Waals surface area contributed by atoms with Crippen LogP contribution in [0.5, 0.6) is 0 Å². The van der Waals surface area contributed by atoms with E-state index >= 15 is 0 Å². The Kier molecular flexibility index (Phi) is 3.69. The SMILES string of the molecule is CC12C=CC(c3ncc(N)nc3-c3ccccc3)=CC1CCCN2. The van der Waals surface area contributed by atoms with E-state index in [1.807, 2.05) is 30.3 Å². The van der Waals surface area contributed by atoms with Gasteiger partial charge in [0.2, 0.25) is 0 Å². The summed E-state index contributed by atoms with van der Waals surface area (Å²) in [6.07, 6.45) is 10.8. The van der Waals surface area contributed by atoms with Crippen LogP contribution in [0.15, 0.2) is 54.8 Å². The smallest absolute Gasteiger partial charge is 0.142 e. The average Bonchev–Trinajstić information content (AvgIpc) is 2.62. The molecule has 0 amide bonds. The maximum Gasteiger partial charge on any atom is 0.142 e. The van der Waals surface area contributed by atoms with Crippen molar-refractivity contribution in [1.82, 2.24) is 15.3 Å². The molecule has 2 aliphatic rings. The van der Waals surface area contributed by atoms with Crippen molar-refractivity contribution in [1.29, 1.82) is 0 Å². The fourth-order valence-electron chi connectivity index (χ4n) is 3.65. The zero-order chi connectivity index (χ0) is 16.6. The first kappa shape index (κ1) is 15.1. The minimum absolute atomic E-state index is 0.0515. The van der Waals surface area contributed by atoms with Gasteiger partial charge in [0.25, 0.3) is 0 Å². The van der Waals surface area contributed by atoms with Gasteiger partial charge in [-0.25, -0.2) is 4.98 Å². The van der Waals surface area contributed by atoms with E-state index in [0.29, 0.717) is 11.7 Å². The molecule has 1 aliphatic carbocycles. The van der Waals surface area contributed by atoms with Gasteiger partial charge in [0, 0.05) is 11.1 Å². The predicted octanol–water partition coefficient (Wildman–Crippen LogP) is 3.44. The first-order valence-electron chi connectivity index (χ1n) is 8.50. The third kappa shape index (κ3) is 2.63. The molecule has 1 fully saturated rings. The molecule has 1 aromatic heterocycles. The number of hydrogen-bond donors (Lipinski definition) is 2. The number of aromatic nitrogens is 2. The van der Waals surface area contributed by atoms with E-state index in [-0.39, 0.29) is 5.54 Å². The zero-order valence-electron chi connectivity index (χ0n) is 13.9. The molecule has 24 heavy (non-hydrogen) atoms. The number of anilines is 1. The van der Waals surface area contributed by atoms with E-state index < -0.39 is 0 Å².